The molecule has 5 nitrogen and oxygen atoms in total. The van der Waals surface area contributed by atoms with E-state index < -0.39 is 5.97 Å². The van der Waals surface area contributed by atoms with E-state index in [0.717, 1.165) is 16.7 Å². The Kier molecular flexibility index (Phi) is 6.97. The van der Waals surface area contributed by atoms with Crippen LogP contribution in [0.1, 0.15) is 23.6 Å². The van der Waals surface area contributed by atoms with Gasteiger partial charge in [0.15, 0.2) is 6.61 Å². The van der Waals surface area contributed by atoms with Gasteiger partial charge >= 0.3 is 5.97 Å². The number of hydrogen-bond donors (Lipinski definition) is 1. The Balaban J connectivity index is 1.88. The summed E-state index contributed by atoms with van der Waals surface area (Å²) in [5.41, 5.74) is 3.55. The van der Waals surface area contributed by atoms with E-state index >= 15 is 0 Å². The van der Waals surface area contributed by atoms with Gasteiger partial charge in [0.25, 0.3) is 5.91 Å². The monoisotopic (exact) mass is 353 g/mol. The largest absolute Gasteiger partial charge is 0.493 e. The van der Waals surface area contributed by atoms with Crippen LogP contribution in [0.15, 0.2) is 48.5 Å². The van der Waals surface area contributed by atoms with Crippen molar-refractivity contribution < 1.29 is 19.1 Å². The highest BCUT2D eigenvalue weighted by Gasteiger charge is 2.08. The molecule has 0 bridgehead atoms. The van der Waals surface area contributed by atoms with Crippen molar-refractivity contribution in [3.63, 3.8) is 0 Å². The predicted octanol–water partition coefficient (Wildman–Crippen LogP) is 3.90. The normalized spacial score (nSPS) is 10.6. The fourth-order valence-electron chi connectivity index (χ4n) is 2.32. The lowest BCUT2D eigenvalue weighted by atomic mass is 10.1. The third-order valence-corrected chi connectivity index (χ3v) is 3.84. The Morgan fingerprint density at radius 3 is 2.62 bits per heavy atom. The predicted molar refractivity (Wildman–Crippen MR) is 102 cm³/mol. The lowest BCUT2D eigenvalue weighted by Gasteiger charge is -2.10. The minimum Gasteiger partial charge on any atom is -0.493 e. The van der Waals surface area contributed by atoms with Gasteiger partial charge in [0.1, 0.15) is 5.75 Å². The van der Waals surface area contributed by atoms with Crippen LogP contribution in [0.2, 0.25) is 0 Å². The first-order valence-electron chi connectivity index (χ1n) is 8.44. The van der Waals surface area contributed by atoms with Crippen molar-refractivity contribution in [3.05, 3.63) is 65.2 Å². The number of anilines is 1. The summed E-state index contributed by atoms with van der Waals surface area (Å²) < 4.78 is 10.5. The summed E-state index contributed by atoms with van der Waals surface area (Å²) in [6, 6.07) is 13.0. The van der Waals surface area contributed by atoms with Gasteiger partial charge in [-0.05, 0) is 50.1 Å². The van der Waals surface area contributed by atoms with Gasteiger partial charge in [-0.1, -0.05) is 30.3 Å². The molecule has 26 heavy (non-hydrogen) atoms. The molecular weight excluding hydrogens is 330 g/mol. The minimum atomic E-state index is -0.590. The number of hydrogen-bond acceptors (Lipinski definition) is 4. The van der Waals surface area contributed by atoms with Crippen LogP contribution in [0.5, 0.6) is 5.75 Å². The highest BCUT2D eigenvalue weighted by Crippen LogP contribution is 2.19. The van der Waals surface area contributed by atoms with E-state index in [0.29, 0.717) is 18.0 Å². The van der Waals surface area contributed by atoms with E-state index in [1.807, 2.05) is 63.2 Å². The molecule has 2 aromatic carbocycles. The maximum absolute atomic E-state index is 12.0. The fraction of sp³-hybridized carbons (Fsp3) is 0.238. The van der Waals surface area contributed by atoms with Crippen LogP contribution < -0.4 is 10.1 Å². The standard InChI is InChI=1S/C21H23NO4/c1-4-25-19-11-6-5-9-17(19)12-13-21(24)26-14-20(23)22-18-10-7-8-15(2)16(18)3/h5-13H,4,14H2,1-3H3,(H,22,23). The molecule has 0 atom stereocenters. The van der Waals surface area contributed by atoms with Crippen molar-refractivity contribution in [2.24, 2.45) is 0 Å². The summed E-state index contributed by atoms with van der Waals surface area (Å²) in [6.45, 7) is 5.98. The van der Waals surface area contributed by atoms with Crippen LogP contribution in [0.4, 0.5) is 5.69 Å². The molecule has 0 unspecified atom stereocenters. The lowest BCUT2D eigenvalue weighted by Crippen LogP contribution is -2.20. The summed E-state index contributed by atoms with van der Waals surface area (Å²) in [5.74, 6) is -0.283. The van der Waals surface area contributed by atoms with E-state index in [1.165, 1.54) is 6.08 Å². The van der Waals surface area contributed by atoms with Crippen LogP contribution in [-0.2, 0) is 14.3 Å². The van der Waals surface area contributed by atoms with Crippen molar-refractivity contribution in [2.45, 2.75) is 20.8 Å². The van der Waals surface area contributed by atoms with Gasteiger partial charge in [0, 0.05) is 17.3 Å². The highest BCUT2D eigenvalue weighted by molar-refractivity contribution is 5.95. The zero-order valence-corrected chi connectivity index (χ0v) is 15.2. The maximum Gasteiger partial charge on any atom is 0.331 e. The van der Waals surface area contributed by atoms with Gasteiger partial charge in [-0.3, -0.25) is 4.79 Å². The topological polar surface area (TPSA) is 64.6 Å². The molecule has 0 saturated heterocycles. The SMILES string of the molecule is CCOc1ccccc1C=CC(=O)OCC(=O)Nc1cccc(C)c1C. The summed E-state index contributed by atoms with van der Waals surface area (Å²) in [6.07, 6.45) is 2.89. The average molecular weight is 353 g/mol. The number of esters is 1. The first-order valence-corrected chi connectivity index (χ1v) is 8.44. The van der Waals surface area contributed by atoms with Crippen LogP contribution >= 0.6 is 0 Å². The van der Waals surface area contributed by atoms with Gasteiger partial charge in [-0.25, -0.2) is 4.79 Å². The minimum absolute atomic E-state index is 0.344. The third-order valence-electron chi connectivity index (χ3n) is 3.84. The molecule has 2 rings (SSSR count). The Hall–Kier alpha value is -3.08. The van der Waals surface area contributed by atoms with Gasteiger partial charge in [0.05, 0.1) is 6.61 Å². The lowest BCUT2D eigenvalue weighted by molar-refractivity contribution is -0.142. The molecule has 1 N–H and O–H groups in total. The van der Waals surface area contributed by atoms with Crippen LogP contribution in [-0.4, -0.2) is 25.1 Å². The maximum atomic E-state index is 12.0. The van der Waals surface area contributed by atoms with E-state index in [4.69, 9.17) is 9.47 Å². The van der Waals surface area contributed by atoms with Crippen molar-refractivity contribution in [2.75, 3.05) is 18.5 Å². The van der Waals surface area contributed by atoms with Gasteiger partial charge in [0.2, 0.25) is 0 Å². The molecule has 0 radical (unpaired) electrons. The first-order chi connectivity index (χ1) is 12.5. The Morgan fingerprint density at radius 2 is 1.85 bits per heavy atom. The first kappa shape index (κ1) is 19.2. The second-order valence-electron chi connectivity index (χ2n) is 5.71. The third kappa shape index (κ3) is 5.48. The zero-order valence-electron chi connectivity index (χ0n) is 15.2. The average Bonchev–Trinajstić information content (AvgIpc) is 2.63. The molecule has 0 aromatic heterocycles. The number of carbonyl (C=O) groups excluding carboxylic acids is 2. The molecule has 1 amide bonds. The van der Waals surface area contributed by atoms with Crippen LogP contribution in [0, 0.1) is 13.8 Å². The number of para-hydroxylation sites is 1. The number of amides is 1. The van der Waals surface area contributed by atoms with E-state index in [2.05, 4.69) is 5.32 Å². The Bertz CT molecular complexity index is 811. The summed E-state index contributed by atoms with van der Waals surface area (Å²) in [4.78, 5) is 23.8. The van der Waals surface area contributed by atoms with Crippen molar-refractivity contribution in [1.82, 2.24) is 0 Å². The van der Waals surface area contributed by atoms with Crippen molar-refractivity contribution in [3.8, 4) is 5.75 Å². The molecule has 0 heterocycles. The number of carbonyl (C=O) groups is 2. The molecule has 0 aliphatic heterocycles. The van der Waals surface area contributed by atoms with Crippen LogP contribution in [0.3, 0.4) is 0 Å². The summed E-state index contributed by atoms with van der Waals surface area (Å²) in [7, 11) is 0. The molecule has 0 saturated carbocycles. The van der Waals surface area contributed by atoms with E-state index in [-0.39, 0.29) is 12.5 Å². The molecule has 0 aliphatic rings. The Labute approximate surface area is 153 Å². The number of aryl methyl sites for hydroxylation is 1. The summed E-state index contributed by atoms with van der Waals surface area (Å²) in [5, 5.41) is 2.75. The smallest absolute Gasteiger partial charge is 0.331 e. The Morgan fingerprint density at radius 1 is 1.08 bits per heavy atom. The fourth-order valence-corrected chi connectivity index (χ4v) is 2.32. The van der Waals surface area contributed by atoms with Gasteiger partial charge in [-0.2, -0.15) is 0 Å². The number of rotatable bonds is 7. The number of nitrogens with one attached hydrogen (secondary N) is 1. The molecule has 0 fully saturated rings. The quantitative estimate of drug-likeness (QED) is 0.606. The zero-order chi connectivity index (χ0) is 18.9. The number of benzene rings is 2. The van der Waals surface area contributed by atoms with Crippen LogP contribution in [0.25, 0.3) is 6.08 Å². The molecular formula is C21H23NO4. The second-order valence-corrected chi connectivity index (χ2v) is 5.71. The van der Waals surface area contributed by atoms with Crippen molar-refractivity contribution in [1.29, 1.82) is 0 Å². The molecule has 2 aromatic rings. The van der Waals surface area contributed by atoms with Crippen molar-refractivity contribution >= 4 is 23.6 Å². The molecule has 0 aliphatic carbocycles. The molecule has 0 spiro atoms. The number of ether oxygens (including phenoxy) is 2. The summed E-state index contributed by atoms with van der Waals surface area (Å²) >= 11 is 0. The molecule has 5 heteroatoms. The highest BCUT2D eigenvalue weighted by atomic mass is 16.5. The van der Waals surface area contributed by atoms with Gasteiger partial charge in [-0.15, -0.1) is 0 Å². The van der Waals surface area contributed by atoms with E-state index in [1.54, 1.807) is 6.08 Å². The van der Waals surface area contributed by atoms with E-state index in [9.17, 15) is 9.59 Å². The van der Waals surface area contributed by atoms with Gasteiger partial charge < -0.3 is 14.8 Å². The molecule has 136 valence electrons. The second kappa shape index (κ2) is 9.42.